The molecule has 30 heavy (non-hydrogen) atoms. The molecule has 2 amide bonds. The first kappa shape index (κ1) is 23.8. The van der Waals surface area contributed by atoms with Crippen LogP contribution in [0.3, 0.4) is 0 Å². The van der Waals surface area contributed by atoms with E-state index in [1.807, 2.05) is 30.3 Å². The molecule has 1 aromatic carbocycles. The summed E-state index contributed by atoms with van der Waals surface area (Å²) >= 11 is 5.33. The third-order valence-electron chi connectivity index (χ3n) is 4.92. The van der Waals surface area contributed by atoms with Crippen molar-refractivity contribution in [3.05, 3.63) is 35.9 Å². The summed E-state index contributed by atoms with van der Waals surface area (Å²) in [7, 11) is 0. The number of rotatable bonds is 10. The van der Waals surface area contributed by atoms with Gasteiger partial charge in [-0.15, -0.1) is 0 Å². The Morgan fingerprint density at radius 3 is 2.73 bits per heavy atom. The molecule has 1 aliphatic rings. The van der Waals surface area contributed by atoms with E-state index < -0.39 is 12.0 Å². The van der Waals surface area contributed by atoms with Crippen LogP contribution in [-0.2, 0) is 25.5 Å². The first-order chi connectivity index (χ1) is 14.5. The molecular formula is C22H31N3O4S. The van der Waals surface area contributed by atoms with Crippen molar-refractivity contribution in [3.63, 3.8) is 0 Å². The molecule has 0 spiro atoms. The number of hydrogen-bond donors (Lipinski definition) is 2. The molecule has 1 aliphatic heterocycles. The fourth-order valence-electron chi connectivity index (χ4n) is 3.27. The van der Waals surface area contributed by atoms with Gasteiger partial charge in [-0.3, -0.25) is 14.4 Å². The topological polar surface area (TPSA) is 87.7 Å². The maximum atomic E-state index is 12.3. The van der Waals surface area contributed by atoms with Crippen molar-refractivity contribution in [1.29, 1.82) is 0 Å². The summed E-state index contributed by atoms with van der Waals surface area (Å²) in [5.74, 6) is -0.904. The van der Waals surface area contributed by atoms with Crippen molar-refractivity contribution in [1.82, 2.24) is 15.5 Å². The molecule has 1 fully saturated rings. The Bertz CT molecular complexity index is 726. The van der Waals surface area contributed by atoms with E-state index in [0.717, 1.165) is 25.7 Å². The quantitative estimate of drug-likeness (QED) is 0.335. The van der Waals surface area contributed by atoms with Gasteiger partial charge in [0.15, 0.2) is 5.11 Å². The fourth-order valence-corrected chi connectivity index (χ4v) is 3.61. The lowest BCUT2D eigenvalue weighted by atomic mass is 10.1. The van der Waals surface area contributed by atoms with Crippen molar-refractivity contribution in [2.45, 2.75) is 57.9 Å². The Balaban J connectivity index is 1.80. The number of ether oxygens (including phenoxy) is 1. The second-order valence-electron chi connectivity index (χ2n) is 7.32. The maximum Gasteiger partial charge on any atom is 0.308 e. The van der Waals surface area contributed by atoms with Crippen LogP contribution >= 0.6 is 12.2 Å². The third-order valence-corrected chi connectivity index (χ3v) is 5.26. The van der Waals surface area contributed by atoms with E-state index in [4.69, 9.17) is 17.0 Å². The summed E-state index contributed by atoms with van der Waals surface area (Å²) in [4.78, 5) is 38.3. The van der Waals surface area contributed by atoms with E-state index in [2.05, 4.69) is 17.6 Å². The lowest BCUT2D eigenvalue weighted by Gasteiger charge is -2.36. The zero-order valence-electron chi connectivity index (χ0n) is 17.5. The number of carbonyl (C=O) groups excluding carboxylic acids is 3. The number of esters is 1. The van der Waals surface area contributed by atoms with Gasteiger partial charge in [0.25, 0.3) is 0 Å². The Hall–Kier alpha value is -2.48. The zero-order chi connectivity index (χ0) is 21.8. The van der Waals surface area contributed by atoms with Crippen molar-refractivity contribution in [3.8, 4) is 0 Å². The average Bonchev–Trinajstić information content (AvgIpc) is 2.73. The highest BCUT2D eigenvalue weighted by atomic mass is 32.1. The minimum Gasteiger partial charge on any atom is -0.466 e. The smallest absolute Gasteiger partial charge is 0.308 e. The highest BCUT2D eigenvalue weighted by Gasteiger charge is 2.34. The van der Waals surface area contributed by atoms with Gasteiger partial charge in [-0.1, -0.05) is 50.1 Å². The van der Waals surface area contributed by atoms with Crippen LogP contribution in [0.15, 0.2) is 30.3 Å². The van der Waals surface area contributed by atoms with Gasteiger partial charge in [-0.25, -0.2) is 0 Å². The number of unbranched alkanes of at least 4 members (excludes halogenated alkanes) is 2. The van der Waals surface area contributed by atoms with Crippen LogP contribution in [-0.4, -0.2) is 53.5 Å². The Morgan fingerprint density at radius 2 is 2.00 bits per heavy atom. The summed E-state index contributed by atoms with van der Waals surface area (Å²) < 4.78 is 5.31. The van der Waals surface area contributed by atoms with Gasteiger partial charge in [0.05, 0.1) is 13.0 Å². The first-order valence-corrected chi connectivity index (χ1v) is 11.0. The molecule has 1 unspecified atom stereocenters. The highest BCUT2D eigenvalue weighted by molar-refractivity contribution is 7.80. The van der Waals surface area contributed by atoms with Crippen LogP contribution in [0.4, 0.5) is 0 Å². The van der Waals surface area contributed by atoms with Crippen LogP contribution in [0.25, 0.3) is 0 Å². The molecule has 164 valence electrons. The molecule has 0 saturated carbocycles. The normalized spacial score (nSPS) is 16.0. The number of nitrogens with one attached hydrogen (secondary N) is 2. The second kappa shape index (κ2) is 13.0. The number of thiocarbonyl (C=S) groups is 1. The summed E-state index contributed by atoms with van der Waals surface area (Å²) in [5, 5.41) is 5.62. The summed E-state index contributed by atoms with van der Waals surface area (Å²) in [5.41, 5.74) is 1.19. The number of piperazine rings is 1. The Kier molecular flexibility index (Phi) is 10.3. The van der Waals surface area contributed by atoms with Crippen molar-refractivity contribution >= 4 is 35.1 Å². The fraction of sp³-hybridized carbons (Fsp3) is 0.545. The standard InChI is InChI=1S/C22H31N3O4S/c1-2-3-5-12-19(26)24-22(30)25-14-13-23-21(28)18(25)16-20(27)29-15-8-11-17-9-6-4-7-10-17/h4,6-7,9-10,18H,2-3,5,8,11-16H2,1H3,(H,23,28)(H,24,26,30). The second-order valence-corrected chi connectivity index (χ2v) is 7.71. The molecule has 0 bridgehead atoms. The summed E-state index contributed by atoms with van der Waals surface area (Å²) in [6.07, 6.45) is 4.61. The number of benzene rings is 1. The largest absolute Gasteiger partial charge is 0.466 e. The van der Waals surface area contributed by atoms with Crippen LogP contribution in [0.2, 0.25) is 0 Å². The third kappa shape index (κ3) is 8.10. The number of nitrogens with zero attached hydrogens (tertiary/aromatic N) is 1. The Morgan fingerprint density at radius 1 is 1.23 bits per heavy atom. The van der Waals surface area contributed by atoms with E-state index in [-0.39, 0.29) is 23.3 Å². The highest BCUT2D eigenvalue weighted by Crippen LogP contribution is 2.12. The van der Waals surface area contributed by atoms with E-state index in [0.29, 0.717) is 32.5 Å². The van der Waals surface area contributed by atoms with Crippen molar-refractivity contribution in [2.75, 3.05) is 19.7 Å². The van der Waals surface area contributed by atoms with Crippen molar-refractivity contribution in [2.24, 2.45) is 0 Å². The lowest BCUT2D eigenvalue weighted by molar-refractivity contribution is -0.147. The molecular weight excluding hydrogens is 402 g/mol. The molecule has 8 heteroatoms. The zero-order valence-corrected chi connectivity index (χ0v) is 18.3. The first-order valence-electron chi connectivity index (χ1n) is 10.6. The van der Waals surface area contributed by atoms with Gasteiger partial charge >= 0.3 is 5.97 Å². The molecule has 0 aliphatic carbocycles. The van der Waals surface area contributed by atoms with Crippen LogP contribution in [0, 0.1) is 0 Å². The van der Waals surface area contributed by atoms with Gasteiger partial charge in [0, 0.05) is 19.5 Å². The average molecular weight is 434 g/mol. The van der Waals surface area contributed by atoms with Gasteiger partial charge in [-0.05, 0) is 37.0 Å². The molecule has 0 aromatic heterocycles. The molecule has 7 nitrogen and oxygen atoms in total. The molecule has 0 radical (unpaired) electrons. The predicted octanol–water partition coefficient (Wildman–Crippen LogP) is 2.33. The minimum atomic E-state index is -0.774. The van der Waals surface area contributed by atoms with Gasteiger partial charge in [0.1, 0.15) is 6.04 Å². The molecule has 1 aromatic rings. The van der Waals surface area contributed by atoms with Crippen LogP contribution < -0.4 is 10.6 Å². The SMILES string of the molecule is CCCCCC(=O)NC(=S)N1CCNC(=O)C1CC(=O)OCCCc1ccccc1. The number of hydrogen-bond acceptors (Lipinski definition) is 5. The van der Waals surface area contributed by atoms with Crippen LogP contribution in [0.5, 0.6) is 0 Å². The molecule has 2 rings (SSSR count). The van der Waals surface area contributed by atoms with E-state index in [9.17, 15) is 14.4 Å². The van der Waals surface area contributed by atoms with E-state index >= 15 is 0 Å². The monoisotopic (exact) mass is 433 g/mol. The Labute approximate surface area is 183 Å². The minimum absolute atomic E-state index is 0.108. The summed E-state index contributed by atoms with van der Waals surface area (Å²) in [6, 6.07) is 9.20. The molecule has 1 atom stereocenters. The predicted molar refractivity (Wildman–Crippen MR) is 119 cm³/mol. The maximum absolute atomic E-state index is 12.3. The summed E-state index contributed by atoms with van der Waals surface area (Å²) in [6.45, 7) is 3.21. The molecule has 1 saturated heterocycles. The van der Waals surface area contributed by atoms with Gasteiger partial charge in [-0.2, -0.15) is 0 Å². The van der Waals surface area contributed by atoms with Crippen molar-refractivity contribution < 1.29 is 19.1 Å². The molecule has 2 N–H and O–H groups in total. The van der Waals surface area contributed by atoms with Gasteiger partial charge in [0.2, 0.25) is 11.8 Å². The van der Waals surface area contributed by atoms with E-state index in [1.165, 1.54) is 5.56 Å². The number of carbonyl (C=O) groups is 3. The number of aryl methyl sites for hydroxylation is 1. The number of amides is 2. The van der Waals surface area contributed by atoms with Crippen LogP contribution in [0.1, 0.15) is 51.0 Å². The lowest BCUT2D eigenvalue weighted by Crippen LogP contribution is -2.60. The van der Waals surface area contributed by atoms with Gasteiger partial charge < -0.3 is 20.3 Å². The van der Waals surface area contributed by atoms with E-state index in [1.54, 1.807) is 4.90 Å². The molecule has 1 heterocycles.